The van der Waals surface area contributed by atoms with Gasteiger partial charge >= 0.3 is 0 Å². The van der Waals surface area contributed by atoms with Gasteiger partial charge in [-0.3, -0.25) is 0 Å². The van der Waals surface area contributed by atoms with E-state index in [4.69, 9.17) is 0 Å². The highest BCUT2D eigenvalue weighted by molar-refractivity contribution is 5.24. The van der Waals surface area contributed by atoms with Gasteiger partial charge < -0.3 is 5.32 Å². The molecule has 1 aliphatic rings. The zero-order valence-corrected chi connectivity index (χ0v) is 13.7. The summed E-state index contributed by atoms with van der Waals surface area (Å²) in [4.78, 5) is 0. The number of hydrogen-bond acceptors (Lipinski definition) is 1. The molecule has 0 radical (unpaired) electrons. The zero-order chi connectivity index (χ0) is 14.5. The molecular weight excluding hydrogens is 242 g/mol. The molecule has 1 heteroatoms. The van der Waals surface area contributed by atoms with Crippen molar-refractivity contribution in [2.24, 2.45) is 11.8 Å². The molecule has 2 rings (SSSR count). The highest BCUT2D eigenvalue weighted by atomic mass is 14.9. The van der Waals surface area contributed by atoms with Crippen LogP contribution in [-0.4, -0.2) is 6.04 Å². The predicted octanol–water partition coefficient (Wildman–Crippen LogP) is 5.25. The average Bonchev–Trinajstić information content (AvgIpc) is 2.64. The van der Waals surface area contributed by atoms with E-state index in [-0.39, 0.29) is 0 Å². The molecule has 0 bridgehead atoms. The number of aryl methyl sites for hydroxylation is 1. The van der Waals surface area contributed by atoms with Gasteiger partial charge in [-0.25, -0.2) is 0 Å². The van der Waals surface area contributed by atoms with Crippen molar-refractivity contribution in [3.8, 4) is 0 Å². The first-order valence-corrected chi connectivity index (χ1v) is 8.39. The molecule has 1 aromatic rings. The molecule has 1 nitrogen and oxygen atoms in total. The second-order valence-electron chi connectivity index (χ2n) is 7.01. The summed E-state index contributed by atoms with van der Waals surface area (Å²) < 4.78 is 0. The maximum atomic E-state index is 3.86. The van der Waals surface area contributed by atoms with Crippen LogP contribution < -0.4 is 5.32 Å². The third-order valence-electron chi connectivity index (χ3n) is 4.98. The maximum absolute atomic E-state index is 3.86. The lowest BCUT2D eigenvalue weighted by molar-refractivity contribution is 0.335. The fraction of sp³-hybridized carbons (Fsp3) is 0.684. The molecule has 20 heavy (non-hydrogen) atoms. The third-order valence-corrected chi connectivity index (χ3v) is 4.98. The van der Waals surface area contributed by atoms with Crippen molar-refractivity contribution in [3.63, 3.8) is 0 Å². The van der Waals surface area contributed by atoms with E-state index in [0.717, 1.165) is 11.8 Å². The highest BCUT2D eigenvalue weighted by Gasteiger charge is 2.22. The molecule has 1 saturated carbocycles. The molecular formula is C19H31N. The van der Waals surface area contributed by atoms with E-state index in [1.807, 2.05) is 0 Å². The van der Waals surface area contributed by atoms with Crippen LogP contribution >= 0.6 is 0 Å². The first kappa shape index (κ1) is 15.6. The zero-order valence-electron chi connectivity index (χ0n) is 13.7. The van der Waals surface area contributed by atoms with Crippen LogP contribution in [0, 0.1) is 18.8 Å². The Kier molecular flexibility index (Phi) is 5.65. The van der Waals surface area contributed by atoms with E-state index in [9.17, 15) is 0 Å². The van der Waals surface area contributed by atoms with Crippen LogP contribution in [0.1, 0.15) is 70.0 Å². The number of nitrogens with one attached hydrogen (secondary N) is 1. The minimum atomic E-state index is 0.468. The topological polar surface area (TPSA) is 12.0 Å². The molecule has 0 aliphatic heterocycles. The monoisotopic (exact) mass is 273 g/mol. The fourth-order valence-electron chi connectivity index (χ4n) is 3.55. The summed E-state index contributed by atoms with van der Waals surface area (Å²) in [5.41, 5.74) is 2.78. The SMILES string of the molecule is Cc1cccc([C@@H](C)NC2CCCC(C(C)C)CC2)c1. The van der Waals surface area contributed by atoms with E-state index in [1.165, 1.54) is 43.2 Å². The third kappa shape index (κ3) is 4.34. The molecule has 0 amide bonds. The first-order chi connectivity index (χ1) is 9.56. The molecule has 0 aromatic heterocycles. The lowest BCUT2D eigenvalue weighted by Crippen LogP contribution is -2.31. The summed E-state index contributed by atoms with van der Waals surface area (Å²) >= 11 is 0. The molecule has 1 fully saturated rings. The van der Waals surface area contributed by atoms with Crippen molar-refractivity contribution in [2.45, 2.75) is 71.9 Å². The van der Waals surface area contributed by atoms with Crippen molar-refractivity contribution in [3.05, 3.63) is 35.4 Å². The van der Waals surface area contributed by atoms with Crippen LogP contribution in [0.5, 0.6) is 0 Å². The van der Waals surface area contributed by atoms with Crippen LogP contribution in [0.15, 0.2) is 24.3 Å². The van der Waals surface area contributed by atoms with E-state index < -0.39 is 0 Å². The summed E-state index contributed by atoms with van der Waals surface area (Å²) in [7, 11) is 0. The van der Waals surface area contributed by atoms with E-state index in [0.29, 0.717) is 12.1 Å². The Bertz CT molecular complexity index is 410. The van der Waals surface area contributed by atoms with E-state index in [1.54, 1.807) is 0 Å². The van der Waals surface area contributed by atoms with Crippen LogP contribution in [0.4, 0.5) is 0 Å². The van der Waals surface area contributed by atoms with Gasteiger partial charge in [-0.15, -0.1) is 0 Å². The standard InChI is InChI=1S/C19H31N/c1-14(2)17-8-6-10-19(12-11-17)20-16(4)18-9-5-7-15(3)13-18/h5,7,9,13-14,16-17,19-20H,6,8,10-12H2,1-4H3/t16-,17?,19?/m1/s1. The number of hydrogen-bond donors (Lipinski definition) is 1. The summed E-state index contributed by atoms with van der Waals surface area (Å²) in [6, 6.07) is 10.1. The normalized spacial score (nSPS) is 25.4. The van der Waals surface area contributed by atoms with Crippen molar-refractivity contribution < 1.29 is 0 Å². The summed E-state index contributed by atoms with van der Waals surface area (Å²) in [5, 5.41) is 3.86. The molecule has 0 spiro atoms. The van der Waals surface area contributed by atoms with Crippen molar-refractivity contribution in [1.29, 1.82) is 0 Å². The van der Waals surface area contributed by atoms with E-state index in [2.05, 4.69) is 57.3 Å². The Labute approximate surface area is 125 Å². The van der Waals surface area contributed by atoms with Gasteiger partial charge in [-0.2, -0.15) is 0 Å². The first-order valence-electron chi connectivity index (χ1n) is 8.39. The molecule has 1 N–H and O–H groups in total. The average molecular weight is 273 g/mol. The van der Waals surface area contributed by atoms with Crippen LogP contribution in [0.2, 0.25) is 0 Å². The molecule has 0 heterocycles. The molecule has 1 aliphatic carbocycles. The molecule has 0 saturated heterocycles. The van der Waals surface area contributed by atoms with Crippen molar-refractivity contribution >= 4 is 0 Å². The second-order valence-corrected chi connectivity index (χ2v) is 7.01. The minimum absolute atomic E-state index is 0.468. The summed E-state index contributed by atoms with van der Waals surface area (Å²) in [5.74, 6) is 1.79. The fourth-order valence-corrected chi connectivity index (χ4v) is 3.55. The summed E-state index contributed by atoms with van der Waals surface area (Å²) in [6.45, 7) is 9.25. The lowest BCUT2D eigenvalue weighted by Gasteiger charge is -2.23. The summed E-state index contributed by atoms with van der Waals surface area (Å²) in [6.07, 6.45) is 6.91. The van der Waals surface area contributed by atoms with Gasteiger partial charge in [0.05, 0.1) is 0 Å². The van der Waals surface area contributed by atoms with E-state index >= 15 is 0 Å². The van der Waals surface area contributed by atoms with Crippen LogP contribution in [-0.2, 0) is 0 Å². The van der Waals surface area contributed by atoms with Crippen LogP contribution in [0.3, 0.4) is 0 Å². The lowest BCUT2D eigenvalue weighted by atomic mass is 9.89. The molecule has 112 valence electrons. The van der Waals surface area contributed by atoms with Gasteiger partial charge in [0.1, 0.15) is 0 Å². The Morgan fingerprint density at radius 1 is 1.05 bits per heavy atom. The second kappa shape index (κ2) is 7.26. The Balaban J connectivity index is 1.90. The molecule has 2 unspecified atom stereocenters. The Hall–Kier alpha value is -0.820. The number of benzene rings is 1. The highest BCUT2D eigenvalue weighted by Crippen LogP contribution is 2.29. The van der Waals surface area contributed by atoms with Gasteiger partial charge in [0.2, 0.25) is 0 Å². The minimum Gasteiger partial charge on any atom is -0.307 e. The largest absolute Gasteiger partial charge is 0.307 e. The number of rotatable bonds is 4. The molecule has 1 aromatic carbocycles. The molecule has 3 atom stereocenters. The van der Waals surface area contributed by atoms with Gasteiger partial charge in [-0.05, 0) is 50.5 Å². The van der Waals surface area contributed by atoms with Gasteiger partial charge in [0.15, 0.2) is 0 Å². The Morgan fingerprint density at radius 2 is 1.85 bits per heavy atom. The maximum Gasteiger partial charge on any atom is 0.0294 e. The van der Waals surface area contributed by atoms with Crippen molar-refractivity contribution in [1.82, 2.24) is 5.32 Å². The van der Waals surface area contributed by atoms with Gasteiger partial charge in [-0.1, -0.05) is 56.5 Å². The van der Waals surface area contributed by atoms with Crippen molar-refractivity contribution in [2.75, 3.05) is 0 Å². The van der Waals surface area contributed by atoms with Crippen LogP contribution in [0.25, 0.3) is 0 Å². The smallest absolute Gasteiger partial charge is 0.0294 e. The predicted molar refractivity (Wildman–Crippen MR) is 87.9 cm³/mol. The van der Waals surface area contributed by atoms with Gasteiger partial charge in [0, 0.05) is 12.1 Å². The quantitative estimate of drug-likeness (QED) is 0.739. The van der Waals surface area contributed by atoms with Gasteiger partial charge in [0.25, 0.3) is 0 Å². The Morgan fingerprint density at radius 3 is 2.55 bits per heavy atom.